The molecule has 5 rings (SSSR count). The third-order valence-corrected chi connectivity index (χ3v) is 5.90. The number of hydrogen-bond donors (Lipinski definition) is 0. The van der Waals surface area contributed by atoms with Crippen LogP contribution in [0.3, 0.4) is 0 Å². The highest BCUT2D eigenvalue weighted by Gasteiger charge is 2.27. The number of nitrogens with zero attached hydrogens (tertiary/aromatic N) is 5. The number of carbonyl (C=O) groups is 1. The van der Waals surface area contributed by atoms with Crippen LogP contribution >= 0.6 is 0 Å². The molecule has 2 aromatic heterocycles. The van der Waals surface area contributed by atoms with E-state index in [0.29, 0.717) is 37.6 Å². The van der Waals surface area contributed by atoms with Crippen LogP contribution in [0.4, 0.5) is 10.1 Å². The number of carbonyl (C=O) groups excluding carboxylic acids is 1. The molecule has 1 saturated heterocycles. The van der Waals surface area contributed by atoms with Gasteiger partial charge in [-0.3, -0.25) is 4.79 Å². The van der Waals surface area contributed by atoms with E-state index in [1.807, 2.05) is 82.2 Å². The summed E-state index contributed by atoms with van der Waals surface area (Å²) in [6.07, 6.45) is 1.96. The number of benzene rings is 2. The zero-order valence-electron chi connectivity index (χ0n) is 17.9. The predicted octanol–water partition coefficient (Wildman–Crippen LogP) is 3.98. The van der Waals surface area contributed by atoms with Crippen molar-refractivity contribution >= 4 is 11.6 Å². The number of anilines is 1. The van der Waals surface area contributed by atoms with Gasteiger partial charge in [-0.25, -0.2) is 9.07 Å². The van der Waals surface area contributed by atoms with Crippen LogP contribution in [0.5, 0.6) is 0 Å². The first kappa shape index (κ1) is 20.1. The van der Waals surface area contributed by atoms with Gasteiger partial charge in [-0.2, -0.15) is 5.10 Å². The maximum Gasteiger partial charge on any atom is 0.272 e. The molecule has 7 heteroatoms. The van der Waals surface area contributed by atoms with E-state index in [2.05, 4.69) is 0 Å². The number of para-hydroxylation sites is 2. The Morgan fingerprint density at radius 1 is 0.906 bits per heavy atom. The summed E-state index contributed by atoms with van der Waals surface area (Å²) in [6.45, 7) is 2.20. The summed E-state index contributed by atoms with van der Waals surface area (Å²) in [5, 5.41) is 4.76. The quantitative estimate of drug-likeness (QED) is 0.493. The third kappa shape index (κ3) is 3.66. The highest BCUT2D eigenvalue weighted by Crippen LogP contribution is 2.25. The minimum atomic E-state index is -0.235. The summed E-state index contributed by atoms with van der Waals surface area (Å²) in [6, 6.07) is 22.2. The lowest BCUT2D eigenvalue weighted by molar-refractivity contribution is 0.0737. The zero-order chi connectivity index (χ0) is 22.1. The van der Waals surface area contributed by atoms with E-state index in [1.54, 1.807) is 16.8 Å². The second kappa shape index (κ2) is 8.34. The third-order valence-electron chi connectivity index (χ3n) is 5.90. The Bertz CT molecular complexity index is 1240. The van der Waals surface area contributed by atoms with Crippen LogP contribution in [-0.2, 0) is 7.05 Å². The second-order valence-corrected chi connectivity index (χ2v) is 7.90. The molecule has 1 aliphatic heterocycles. The molecule has 0 bridgehead atoms. The van der Waals surface area contributed by atoms with Crippen molar-refractivity contribution in [3.8, 4) is 17.1 Å². The Morgan fingerprint density at radius 3 is 2.31 bits per heavy atom. The first-order valence-corrected chi connectivity index (χ1v) is 10.7. The topological polar surface area (TPSA) is 46.3 Å². The molecule has 2 aromatic carbocycles. The average Bonchev–Trinajstić information content (AvgIpc) is 3.46. The number of amides is 1. The molecule has 0 saturated carbocycles. The van der Waals surface area contributed by atoms with Crippen molar-refractivity contribution in [1.82, 2.24) is 19.2 Å². The molecule has 162 valence electrons. The monoisotopic (exact) mass is 429 g/mol. The molecule has 4 aromatic rings. The Labute approximate surface area is 186 Å². The van der Waals surface area contributed by atoms with Crippen molar-refractivity contribution in [2.45, 2.75) is 0 Å². The summed E-state index contributed by atoms with van der Waals surface area (Å²) in [7, 11) is 1.96. The Balaban J connectivity index is 1.43. The van der Waals surface area contributed by atoms with E-state index in [1.165, 1.54) is 6.07 Å². The Morgan fingerprint density at radius 2 is 1.62 bits per heavy atom. The van der Waals surface area contributed by atoms with Crippen LogP contribution in [0.1, 0.15) is 10.5 Å². The first-order chi connectivity index (χ1) is 15.6. The molecular formula is C25H24FN5O. The van der Waals surface area contributed by atoms with Crippen LogP contribution in [0.15, 0.2) is 79.0 Å². The van der Waals surface area contributed by atoms with Crippen LogP contribution < -0.4 is 4.90 Å². The van der Waals surface area contributed by atoms with Gasteiger partial charge in [0.2, 0.25) is 0 Å². The molecule has 0 unspecified atom stereocenters. The normalized spacial score (nSPS) is 14.1. The number of aryl methyl sites for hydroxylation is 1. The molecule has 0 radical (unpaired) electrons. The minimum absolute atomic E-state index is 0.0741. The summed E-state index contributed by atoms with van der Waals surface area (Å²) in [5.74, 6) is -0.309. The van der Waals surface area contributed by atoms with Gasteiger partial charge in [0, 0.05) is 39.4 Å². The van der Waals surface area contributed by atoms with E-state index in [0.717, 1.165) is 17.1 Å². The number of rotatable bonds is 4. The first-order valence-electron chi connectivity index (χ1n) is 10.7. The van der Waals surface area contributed by atoms with Gasteiger partial charge < -0.3 is 14.4 Å². The summed E-state index contributed by atoms with van der Waals surface area (Å²) < 4.78 is 17.9. The van der Waals surface area contributed by atoms with Crippen molar-refractivity contribution in [3.05, 3.63) is 90.5 Å². The van der Waals surface area contributed by atoms with E-state index in [4.69, 9.17) is 5.10 Å². The van der Waals surface area contributed by atoms with E-state index in [9.17, 15) is 9.18 Å². The minimum Gasteiger partial charge on any atom is -0.366 e. The van der Waals surface area contributed by atoms with Crippen LogP contribution in [0.25, 0.3) is 17.1 Å². The fourth-order valence-electron chi connectivity index (χ4n) is 4.17. The van der Waals surface area contributed by atoms with Gasteiger partial charge in [-0.1, -0.05) is 30.3 Å². The molecule has 1 fully saturated rings. The molecule has 0 N–H and O–H groups in total. The summed E-state index contributed by atoms with van der Waals surface area (Å²) in [4.78, 5) is 17.3. The Hall–Kier alpha value is -3.87. The lowest BCUT2D eigenvalue weighted by Crippen LogP contribution is -2.49. The van der Waals surface area contributed by atoms with Crippen LogP contribution in [0, 0.1) is 5.82 Å². The maximum atomic E-state index is 14.2. The molecule has 0 aliphatic carbocycles. The molecule has 3 heterocycles. The van der Waals surface area contributed by atoms with Crippen molar-refractivity contribution in [2.24, 2.45) is 7.05 Å². The molecular weight excluding hydrogens is 405 g/mol. The second-order valence-electron chi connectivity index (χ2n) is 7.90. The van der Waals surface area contributed by atoms with E-state index < -0.39 is 0 Å². The van der Waals surface area contributed by atoms with Gasteiger partial charge in [0.25, 0.3) is 5.91 Å². The van der Waals surface area contributed by atoms with Gasteiger partial charge in [0.1, 0.15) is 17.2 Å². The maximum absolute atomic E-state index is 14.2. The van der Waals surface area contributed by atoms with E-state index >= 15 is 0 Å². The lowest BCUT2D eigenvalue weighted by Gasteiger charge is -2.36. The fourth-order valence-corrected chi connectivity index (χ4v) is 4.17. The molecule has 0 atom stereocenters. The van der Waals surface area contributed by atoms with Gasteiger partial charge in [-0.15, -0.1) is 0 Å². The van der Waals surface area contributed by atoms with Gasteiger partial charge in [-0.05, 0) is 42.5 Å². The molecule has 6 nitrogen and oxygen atoms in total. The van der Waals surface area contributed by atoms with Crippen LogP contribution in [-0.4, -0.2) is 51.3 Å². The lowest BCUT2D eigenvalue weighted by atomic mass is 10.2. The molecule has 1 amide bonds. The molecule has 32 heavy (non-hydrogen) atoms. The van der Waals surface area contributed by atoms with Gasteiger partial charge in [0.05, 0.1) is 17.1 Å². The predicted molar refractivity (Wildman–Crippen MR) is 122 cm³/mol. The fraction of sp³-hybridized carbons (Fsp3) is 0.200. The SMILES string of the molecule is Cn1cccc1-c1cc(C(=O)N2CCN(c3ccccc3F)CC2)n(-c2ccccc2)n1. The average molecular weight is 429 g/mol. The summed E-state index contributed by atoms with van der Waals surface area (Å²) >= 11 is 0. The Kier molecular flexibility index (Phi) is 5.23. The molecule has 0 spiro atoms. The standard InChI is InChI=1S/C25H24FN5O/c1-28-13-7-12-23(28)21-18-24(31(27-21)19-8-3-2-4-9-19)25(32)30-16-14-29(15-17-30)22-11-6-5-10-20(22)26/h2-13,18H,14-17H2,1H3. The number of piperazine rings is 1. The number of halogens is 1. The molecule has 1 aliphatic rings. The smallest absolute Gasteiger partial charge is 0.272 e. The van der Waals surface area contributed by atoms with E-state index in [-0.39, 0.29) is 11.7 Å². The van der Waals surface area contributed by atoms with Gasteiger partial charge >= 0.3 is 0 Å². The van der Waals surface area contributed by atoms with Crippen molar-refractivity contribution in [1.29, 1.82) is 0 Å². The highest BCUT2D eigenvalue weighted by molar-refractivity contribution is 5.94. The number of aromatic nitrogens is 3. The largest absolute Gasteiger partial charge is 0.366 e. The zero-order valence-corrected chi connectivity index (χ0v) is 17.9. The van der Waals surface area contributed by atoms with Crippen molar-refractivity contribution in [3.63, 3.8) is 0 Å². The number of hydrogen-bond acceptors (Lipinski definition) is 3. The summed E-state index contributed by atoms with van der Waals surface area (Å²) in [5.41, 5.74) is 3.63. The van der Waals surface area contributed by atoms with Crippen LogP contribution in [0.2, 0.25) is 0 Å². The van der Waals surface area contributed by atoms with Crippen molar-refractivity contribution in [2.75, 3.05) is 31.1 Å². The van der Waals surface area contributed by atoms with Crippen molar-refractivity contribution < 1.29 is 9.18 Å². The highest BCUT2D eigenvalue weighted by atomic mass is 19.1. The van der Waals surface area contributed by atoms with Gasteiger partial charge in [0.15, 0.2) is 0 Å².